The van der Waals surface area contributed by atoms with Crippen LogP contribution in [-0.4, -0.2) is 55.0 Å². The summed E-state index contributed by atoms with van der Waals surface area (Å²) < 4.78 is 10.5. The Kier molecular flexibility index (Phi) is 7.00. The molecule has 1 aromatic carbocycles. The topological polar surface area (TPSA) is 84.9 Å². The van der Waals surface area contributed by atoms with Crippen LogP contribution < -0.4 is 10.1 Å². The summed E-state index contributed by atoms with van der Waals surface area (Å²) in [6.07, 6.45) is -0.152. The molecule has 1 aliphatic heterocycles. The van der Waals surface area contributed by atoms with Crippen molar-refractivity contribution in [3.63, 3.8) is 0 Å². The molecule has 0 saturated carbocycles. The van der Waals surface area contributed by atoms with E-state index >= 15 is 0 Å². The van der Waals surface area contributed by atoms with Crippen LogP contribution in [0.3, 0.4) is 0 Å². The lowest BCUT2D eigenvalue weighted by Crippen LogP contribution is -2.57. The van der Waals surface area contributed by atoms with Crippen molar-refractivity contribution < 1.29 is 23.9 Å². The molecule has 1 atom stereocenters. The maximum atomic E-state index is 12.8. The van der Waals surface area contributed by atoms with Crippen LogP contribution in [0.1, 0.15) is 37.6 Å². The largest absolute Gasteiger partial charge is 0.493 e. The Morgan fingerprint density at radius 3 is 2.58 bits per heavy atom. The van der Waals surface area contributed by atoms with Crippen LogP contribution in [0.15, 0.2) is 24.3 Å². The molecule has 26 heavy (non-hydrogen) atoms. The van der Waals surface area contributed by atoms with Crippen LogP contribution in [0.25, 0.3) is 0 Å². The Hall–Kier alpha value is -2.57. The van der Waals surface area contributed by atoms with Gasteiger partial charge in [-0.05, 0) is 37.1 Å². The van der Waals surface area contributed by atoms with E-state index in [0.717, 1.165) is 0 Å². The highest BCUT2D eigenvalue weighted by Gasteiger charge is 2.35. The smallest absolute Gasteiger partial charge is 0.308 e. The van der Waals surface area contributed by atoms with Gasteiger partial charge in [0.2, 0.25) is 5.91 Å². The number of benzene rings is 1. The average Bonchev–Trinajstić information content (AvgIpc) is 2.62. The summed E-state index contributed by atoms with van der Waals surface area (Å²) in [6, 6.07) is 5.96. The second-order valence-corrected chi connectivity index (χ2v) is 6.54. The number of piperazine rings is 1. The number of nitrogens with one attached hydrogen (secondary N) is 1. The average molecular weight is 362 g/mol. The molecule has 7 nitrogen and oxygen atoms in total. The third-order valence-electron chi connectivity index (χ3n) is 3.94. The molecular formula is C19H26N2O5. The lowest BCUT2D eigenvalue weighted by atomic mass is 10.1. The van der Waals surface area contributed by atoms with Crippen molar-refractivity contribution in [3.8, 4) is 5.75 Å². The Morgan fingerprint density at radius 1 is 1.27 bits per heavy atom. The predicted octanol–water partition coefficient (Wildman–Crippen LogP) is 1.62. The number of ether oxygens (including phenoxy) is 2. The van der Waals surface area contributed by atoms with E-state index in [1.165, 1.54) is 4.90 Å². The lowest BCUT2D eigenvalue weighted by molar-refractivity contribution is -0.147. The van der Waals surface area contributed by atoms with Crippen molar-refractivity contribution in [1.82, 2.24) is 10.2 Å². The van der Waals surface area contributed by atoms with Crippen molar-refractivity contribution in [2.45, 2.75) is 33.2 Å². The van der Waals surface area contributed by atoms with E-state index in [-0.39, 0.29) is 24.8 Å². The van der Waals surface area contributed by atoms with Crippen LogP contribution in [0.4, 0.5) is 0 Å². The molecule has 0 spiro atoms. The first-order valence-electron chi connectivity index (χ1n) is 8.89. The minimum atomic E-state index is -0.854. The molecule has 0 aliphatic carbocycles. The van der Waals surface area contributed by atoms with Crippen molar-refractivity contribution in [1.29, 1.82) is 0 Å². The third-order valence-corrected chi connectivity index (χ3v) is 3.94. The molecule has 1 aromatic rings. The number of carbonyl (C=O) groups is 3. The highest BCUT2D eigenvalue weighted by atomic mass is 16.5. The standard InChI is InChI=1S/C19H26N2O5/c1-4-25-17(22)11-16-18(23)20-9-10-21(16)19(24)14-5-7-15(8-6-14)26-12-13(2)3/h5-8,13,16H,4,9-12H2,1-3H3,(H,20,23)/t16-/m1/s1. The zero-order valence-corrected chi connectivity index (χ0v) is 15.5. The molecule has 142 valence electrons. The fourth-order valence-corrected chi connectivity index (χ4v) is 2.66. The molecule has 1 N–H and O–H groups in total. The van der Waals surface area contributed by atoms with Gasteiger partial charge in [0.05, 0.1) is 19.6 Å². The van der Waals surface area contributed by atoms with Gasteiger partial charge in [-0.3, -0.25) is 14.4 Å². The van der Waals surface area contributed by atoms with Gasteiger partial charge in [-0.2, -0.15) is 0 Å². The second-order valence-electron chi connectivity index (χ2n) is 6.54. The van der Waals surface area contributed by atoms with Crippen LogP contribution >= 0.6 is 0 Å². The molecule has 0 unspecified atom stereocenters. The monoisotopic (exact) mass is 362 g/mol. The van der Waals surface area contributed by atoms with Crippen molar-refractivity contribution >= 4 is 17.8 Å². The number of esters is 1. The molecule has 1 aliphatic rings. The molecule has 0 bridgehead atoms. The van der Waals surface area contributed by atoms with Gasteiger partial charge >= 0.3 is 5.97 Å². The van der Waals surface area contributed by atoms with Crippen molar-refractivity contribution in [3.05, 3.63) is 29.8 Å². The van der Waals surface area contributed by atoms with E-state index in [1.807, 2.05) is 0 Å². The van der Waals surface area contributed by atoms with Gasteiger partial charge in [0.25, 0.3) is 5.91 Å². The maximum absolute atomic E-state index is 12.8. The first kappa shape index (κ1) is 19.8. The Morgan fingerprint density at radius 2 is 1.96 bits per heavy atom. The Labute approximate surface area is 153 Å². The SMILES string of the molecule is CCOC(=O)C[C@@H]1C(=O)NCCN1C(=O)c1ccc(OCC(C)C)cc1. The van der Waals surface area contributed by atoms with Gasteiger partial charge in [0.1, 0.15) is 11.8 Å². The molecule has 0 aromatic heterocycles. The number of hydrogen-bond donors (Lipinski definition) is 1. The normalized spacial score (nSPS) is 17.0. The van der Waals surface area contributed by atoms with E-state index in [2.05, 4.69) is 19.2 Å². The number of hydrogen-bond acceptors (Lipinski definition) is 5. The highest BCUT2D eigenvalue weighted by molar-refractivity contribution is 5.99. The third kappa shape index (κ3) is 5.21. The van der Waals surface area contributed by atoms with Crippen LogP contribution in [0, 0.1) is 5.92 Å². The summed E-state index contributed by atoms with van der Waals surface area (Å²) in [6.45, 7) is 7.36. The van der Waals surface area contributed by atoms with Gasteiger partial charge < -0.3 is 19.7 Å². The first-order valence-corrected chi connectivity index (χ1v) is 8.89. The number of rotatable bonds is 7. The number of nitrogens with zero attached hydrogens (tertiary/aromatic N) is 1. The van der Waals surface area contributed by atoms with Gasteiger partial charge in [-0.25, -0.2) is 0 Å². The highest BCUT2D eigenvalue weighted by Crippen LogP contribution is 2.18. The van der Waals surface area contributed by atoms with E-state index in [1.54, 1.807) is 31.2 Å². The molecule has 2 rings (SSSR count). The lowest BCUT2D eigenvalue weighted by Gasteiger charge is -2.34. The fraction of sp³-hybridized carbons (Fsp3) is 0.526. The minimum absolute atomic E-state index is 0.152. The zero-order valence-electron chi connectivity index (χ0n) is 15.5. The van der Waals surface area contributed by atoms with Gasteiger partial charge in [-0.15, -0.1) is 0 Å². The van der Waals surface area contributed by atoms with Gasteiger partial charge in [-0.1, -0.05) is 13.8 Å². The summed E-state index contributed by atoms with van der Waals surface area (Å²) >= 11 is 0. The predicted molar refractivity (Wildman–Crippen MR) is 95.9 cm³/mol. The van der Waals surface area contributed by atoms with Crippen LogP contribution in [0.5, 0.6) is 5.75 Å². The summed E-state index contributed by atoms with van der Waals surface area (Å²) in [7, 11) is 0. The van der Waals surface area contributed by atoms with E-state index in [9.17, 15) is 14.4 Å². The summed E-state index contributed by atoms with van der Waals surface area (Å²) in [5.74, 6) is -0.0228. The second kappa shape index (κ2) is 9.22. The van der Waals surface area contributed by atoms with Crippen LogP contribution in [-0.2, 0) is 14.3 Å². The van der Waals surface area contributed by atoms with Crippen LogP contribution in [0.2, 0.25) is 0 Å². The molecule has 0 radical (unpaired) electrons. The molecule has 7 heteroatoms. The van der Waals surface area contributed by atoms with Crippen molar-refractivity contribution in [2.75, 3.05) is 26.3 Å². The fourth-order valence-electron chi connectivity index (χ4n) is 2.66. The van der Waals surface area contributed by atoms with Gasteiger partial charge in [0, 0.05) is 18.7 Å². The quantitative estimate of drug-likeness (QED) is 0.745. The summed E-state index contributed by atoms with van der Waals surface area (Å²) in [5.41, 5.74) is 0.449. The molecule has 2 amide bonds. The summed E-state index contributed by atoms with van der Waals surface area (Å²) in [5, 5.41) is 2.69. The molecular weight excluding hydrogens is 336 g/mol. The van der Waals surface area contributed by atoms with Gasteiger partial charge in [0.15, 0.2) is 0 Å². The molecule has 1 saturated heterocycles. The first-order chi connectivity index (χ1) is 12.4. The van der Waals surface area contributed by atoms with E-state index in [0.29, 0.717) is 36.9 Å². The Balaban J connectivity index is 2.09. The van der Waals surface area contributed by atoms with E-state index < -0.39 is 12.0 Å². The van der Waals surface area contributed by atoms with E-state index in [4.69, 9.17) is 9.47 Å². The maximum Gasteiger partial charge on any atom is 0.308 e. The molecule has 1 fully saturated rings. The zero-order chi connectivity index (χ0) is 19.1. The molecule has 1 heterocycles. The minimum Gasteiger partial charge on any atom is -0.493 e. The summed E-state index contributed by atoms with van der Waals surface area (Å²) in [4.78, 5) is 38.2. The Bertz CT molecular complexity index is 642. The number of amides is 2. The van der Waals surface area contributed by atoms with Crippen molar-refractivity contribution in [2.24, 2.45) is 5.92 Å². The number of carbonyl (C=O) groups excluding carboxylic acids is 3.